The third kappa shape index (κ3) is 4.25. The lowest BCUT2D eigenvalue weighted by Gasteiger charge is -1.98. The van der Waals surface area contributed by atoms with Crippen LogP contribution in [0, 0.1) is 0 Å². The molecule has 0 aliphatic rings. The Labute approximate surface area is 142 Å². The summed E-state index contributed by atoms with van der Waals surface area (Å²) in [5, 5.41) is 19.1. The van der Waals surface area contributed by atoms with Crippen LogP contribution in [0.4, 0.5) is 5.13 Å². The number of aromatic nitrogens is 2. The van der Waals surface area contributed by atoms with Crippen LogP contribution in [0.3, 0.4) is 0 Å². The fourth-order valence-corrected chi connectivity index (χ4v) is 5.36. The molecule has 0 aliphatic carbocycles. The summed E-state index contributed by atoms with van der Waals surface area (Å²) in [6, 6.07) is 1.70. The lowest BCUT2D eigenvalue weighted by atomic mass is 10.3. The van der Waals surface area contributed by atoms with Crippen LogP contribution < -0.4 is 5.32 Å². The van der Waals surface area contributed by atoms with Crippen molar-refractivity contribution in [1.82, 2.24) is 10.2 Å². The molecule has 106 valence electrons. The van der Waals surface area contributed by atoms with Crippen LogP contribution in [-0.4, -0.2) is 32.9 Å². The van der Waals surface area contributed by atoms with Gasteiger partial charge in [-0.1, -0.05) is 23.1 Å². The lowest BCUT2D eigenvalue weighted by Crippen LogP contribution is -2.11. The largest absolute Gasteiger partial charge is 0.481 e. The van der Waals surface area contributed by atoms with E-state index in [0.29, 0.717) is 18.8 Å². The first kappa shape index (κ1) is 15.9. The van der Waals surface area contributed by atoms with Crippen LogP contribution in [0.25, 0.3) is 0 Å². The molecule has 2 rings (SSSR count). The van der Waals surface area contributed by atoms with Gasteiger partial charge in [0.1, 0.15) is 0 Å². The molecule has 0 fully saturated rings. The molecular weight excluding hydrogens is 454 g/mol. The summed E-state index contributed by atoms with van der Waals surface area (Å²) in [6.45, 7) is 0. The second-order valence-corrected chi connectivity index (χ2v) is 9.20. The summed E-state index contributed by atoms with van der Waals surface area (Å²) in [5.74, 6) is -1.32. The average Bonchev–Trinajstić information content (AvgIpc) is 2.93. The third-order valence-electron chi connectivity index (χ3n) is 1.85. The molecule has 6 nitrogen and oxygen atoms in total. The van der Waals surface area contributed by atoms with E-state index < -0.39 is 5.97 Å². The highest BCUT2D eigenvalue weighted by atomic mass is 79.9. The number of carboxylic acids is 1. The Morgan fingerprint density at radius 1 is 1.35 bits per heavy atom. The van der Waals surface area contributed by atoms with E-state index in [1.165, 1.54) is 11.3 Å². The number of halogens is 2. The first-order valence-corrected chi connectivity index (χ1v) is 9.10. The fourth-order valence-electron chi connectivity index (χ4n) is 1.10. The zero-order valence-electron chi connectivity index (χ0n) is 9.42. The van der Waals surface area contributed by atoms with Gasteiger partial charge in [-0.05, 0) is 37.9 Å². The normalized spacial score (nSPS) is 10.5. The summed E-state index contributed by atoms with van der Waals surface area (Å²) in [4.78, 5) is 22.4. The minimum atomic E-state index is -0.928. The smallest absolute Gasteiger partial charge is 0.313 e. The maximum absolute atomic E-state index is 12.0. The lowest BCUT2D eigenvalue weighted by molar-refractivity contribution is -0.133. The van der Waals surface area contributed by atoms with Gasteiger partial charge in [-0.2, -0.15) is 0 Å². The zero-order valence-corrected chi connectivity index (χ0v) is 15.0. The third-order valence-corrected chi connectivity index (χ3v) is 6.14. The SMILES string of the molecule is O=C(O)CSc1nnc(NC(=O)c2cc(Br)sc2Br)s1. The number of amides is 1. The molecule has 2 aromatic heterocycles. The number of carboxylic acid groups (broad SMARTS) is 1. The molecule has 0 aliphatic heterocycles. The molecule has 20 heavy (non-hydrogen) atoms. The number of nitrogens with zero attached hydrogens (tertiary/aromatic N) is 2. The van der Waals surface area contributed by atoms with Crippen molar-refractivity contribution < 1.29 is 14.7 Å². The Balaban J connectivity index is 2.01. The maximum Gasteiger partial charge on any atom is 0.313 e. The van der Waals surface area contributed by atoms with Gasteiger partial charge in [-0.15, -0.1) is 21.5 Å². The van der Waals surface area contributed by atoms with Gasteiger partial charge in [0.15, 0.2) is 4.34 Å². The van der Waals surface area contributed by atoms with Crippen molar-refractivity contribution in [2.45, 2.75) is 4.34 Å². The predicted molar refractivity (Wildman–Crippen MR) is 85.9 cm³/mol. The Morgan fingerprint density at radius 2 is 2.10 bits per heavy atom. The summed E-state index contributed by atoms with van der Waals surface area (Å²) in [7, 11) is 0. The molecule has 11 heteroatoms. The first-order valence-electron chi connectivity index (χ1n) is 4.90. The van der Waals surface area contributed by atoms with E-state index in [1.54, 1.807) is 6.07 Å². The van der Waals surface area contributed by atoms with Crippen LogP contribution >= 0.6 is 66.3 Å². The zero-order chi connectivity index (χ0) is 14.7. The van der Waals surface area contributed by atoms with Crippen LogP contribution in [0.1, 0.15) is 10.4 Å². The van der Waals surface area contributed by atoms with Crippen molar-refractivity contribution in [3.8, 4) is 0 Å². The van der Waals surface area contributed by atoms with Crippen molar-refractivity contribution >= 4 is 83.3 Å². The first-order chi connectivity index (χ1) is 9.45. The minimum absolute atomic E-state index is 0.0917. The Morgan fingerprint density at radius 3 is 2.70 bits per heavy atom. The molecule has 0 saturated carbocycles. The van der Waals surface area contributed by atoms with E-state index in [-0.39, 0.29) is 11.7 Å². The highest BCUT2D eigenvalue weighted by Gasteiger charge is 2.16. The molecule has 0 saturated heterocycles. The summed E-state index contributed by atoms with van der Waals surface area (Å²) in [5.41, 5.74) is 0.497. The van der Waals surface area contributed by atoms with Crippen LogP contribution in [0.2, 0.25) is 0 Å². The van der Waals surface area contributed by atoms with Crippen molar-refractivity contribution in [2.75, 3.05) is 11.1 Å². The van der Waals surface area contributed by atoms with Crippen molar-refractivity contribution in [2.24, 2.45) is 0 Å². The number of thioether (sulfide) groups is 1. The second kappa shape index (κ2) is 6.98. The second-order valence-electron chi connectivity index (χ2n) is 3.25. The van der Waals surface area contributed by atoms with Crippen LogP contribution in [-0.2, 0) is 4.79 Å². The molecule has 0 aromatic carbocycles. The maximum atomic E-state index is 12.0. The molecule has 2 heterocycles. The Kier molecular flexibility index (Phi) is 5.55. The van der Waals surface area contributed by atoms with Crippen LogP contribution in [0.15, 0.2) is 18.0 Å². The molecule has 2 N–H and O–H groups in total. The fraction of sp³-hybridized carbons (Fsp3) is 0.111. The quantitative estimate of drug-likeness (QED) is 0.525. The molecule has 2 aromatic rings. The average molecular weight is 459 g/mol. The van der Waals surface area contributed by atoms with E-state index >= 15 is 0 Å². The van der Waals surface area contributed by atoms with Gasteiger partial charge >= 0.3 is 5.97 Å². The molecule has 0 atom stereocenters. The van der Waals surface area contributed by atoms with Gasteiger partial charge in [0.05, 0.1) is 18.9 Å². The van der Waals surface area contributed by atoms with Crippen LogP contribution in [0.5, 0.6) is 0 Å². The van der Waals surface area contributed by atoms with Crippen molar-refractivity contribution in [3.05, 3.63) is 19.2 Å². The Bertz CT molecular complexity index is 658. The van der Waals surface area contributed by atoms with E-state index in [4.69, 9.17) is 5.11 Å². The summed E-state index contributed by atoms with van der Waals surface area (Å²) >= 11 is 10.2. The number of thiophene rings is 1. The minimum Gasteiger partial charge on any atom is -0.481 e. The number of rotatable bonds is 5. The van der Waals surface area contributed by atoms with E-state index in [2.05, 4.69) is 47.4 Å². The Hall–Kier alpha value is -0.490. The number of hydrogen-bond donors (Lipinski definition) is 2. The number of aliphatic carboxylic acids is 1. The highest BCUT2D eigenvalue weighted by molar-refractivity contribution is 9.12. The topological polar surface area (TPSA) is 92.2 Å². The number of carbonyl (C=O) groups excluding carboxylic acids is 1. The molecule has 0 radical (unpaired) electrons. The number of nitrogens with one attached hydrogen (secondary N) is 1. The molecular formula is C9H5Br2N3O3S3. The monoisotopic (exact) mass is 457 g/mol. The molecule has 1 amide bonds. The molecule has 0 spiro atoms. The van der Waals surface area contributed by atoms with Gasteiger partial charge in [0, 0.05) is 0 Å². The molecule has 0 unspecified atom stereocenters. The summed E-state index contributed by atoms with van der Waals surface area (Å²) in [6.07, 6.45) is 0. The van der Waals surface area contributed by atoms with Gasteiger partial charge < -0.3 is 5.11 Å². The van der Waals surface area contributed by atoms with E-state index in [0.717, 1.165) is 26.9 Å². The number of anilines is 1. The van der Waals surface area contributed by atoms with Gasteiger partial charge in [-0.25, -0.2) is 0 Å². The van der Waals surface area contributed by atoms with Gasteiger partial charge in [-0.3, -0.25) is 14.9 Å². The van der Waals surface area contributed by atoms with Gasteiger partial charge in [0.25, 0.3) is 5.91 Å². The number of hydrogen-bond acceptors (Lipinski definition) is 7. The highest BCUT2D eigenvalue weighted by Crippen LogP contribution is 2.33. The van der Waals surface area contributed by atoms with Crippen molar-refractivity contribution in [3.63, 3.8) is 0 Å². The standard InChI is InChI=1S/C9H5Br2N3O3S3/c10-4-1-3(6(11)19-4)7(17)12-8-13-14-9(20-8)18-2-5(15)16/h1H,2H2,(H,15,16)(H,12,13,17). The predicted octanol–water partition coefficient (Wildman–Crippen LogP) is 3.55. The molecule has 0 bridgehead atoms. The van der Waals surface area contributed by atoms with Crippen molar-refractivity contribution in [1.29, 1.82) is 0 Å². The van der Waals surface area contributed by atoms with E-state index in [9.17, 15) is 9.59 Å². The number of carbonyl (C=O) groups is 2. The van der Waals surface area contributed by atoms with E-state index in [1.807, 2.05) is 0 Å². The summed E-state index contributed by atoms with van der Waals surface area (Å²) < 4.78 is 2.05. The van der Waals surface area contributed by atoms with Gasteiger partial charge in [0.2, 0.25) is 5.13 Å².